The van der Waals surface area contributed by atoms with E-state index in [0.717, 1.165) is 6.42 Å². The van der Waals surface area contributed by atoms with Gasteiger partial charge in [0, 0.05) is 0 Å². The van der Waals surface area contributed by atoms with Gasteiger partial charge >= 0.3 is 0 Å². The van der Waals surface area contributed by atoms with Gasteiger partial charge < -0.3 is 9.84 Å². The van der Waals surface area contributed by atoms with E-state index in [4.69, 9.17) is 5.11 Å². The van der Waals surface area contributed by atoms with Gasteiger partial charge in [-0.2, -0.15) is 0 Å². The van der Waals surface area contributed by atoms with Crippen molar-refractivity contribution in [2.75, 3.05) is 13.2 Å². The number of hydrogen-bond donors (Lipinski definition) is 1. The molecule has 0 aromatic carbocycles. The second kappa shape index (κ2) is 6.49. The standard InChI is InChI=1S/C7H14F2O2/c1-2-3-6(10)4-11-5-7(8)9/h6-7,10H,2-5H2,1H3. The van der Waals surface area contributed by atoms with Crippen molar-refractivity contribution >= 4 is 0 Å². The van der Waals surface area contributed by atoms with Gasteiger partial charge in [-0.1, -0.05) is 13.3 Å². The minimum Gasteiger partial charge on any atom is -0.391 e. The predicted molar refractivity (Wildman–Crippen MR) is 37.7 cm³/mol. The first-order valence-electron chi connectivity index (χ1n) is 3.70. The van der Waals surface area contributed by atoms with Crippen LogP contribution in [0.5, 0.6) is 0 Å². The van der Waals surface area contributed by atoms with E-state index in [1.165, 1.54) is 0 Å². The van der Waals surface area contributed by atoms with Crippen molar-refractivity contribution in [2.24, 2.45) is 0 Å². The third-order valence-corrected chi connectivity index (χ3v) is 1.18. The Morgan fingerprint density at radius 3 is 2.45 bits per heavy atom. The average Bonchev–Trinajstić information content (AvgIpc) is 1.87. The lowest BCUT2D eigenvalue weighted by molar-refractivity contribution is -0.0216. The first-order chi connectivity index (χ1) is 5.16. The molecular weight excluding hydrogens is 154 g/mol. The molecule has 0 saturated carbocycles. The number of rotatable bonds is 6. The second-order valence-electron chi connectivity index (χ2n) is 2.37. The van der Waals surface area contributed by atoms with Gasteiger partial charge in [0.25, 0.3) is 6.43 Å². The maximum atomic E-state index is 11.5. The quantitative estimate of drug-likeness (QED) is 0.650. The normalized spacial score (nSPS) is 13.9. The van der Waals surface area contributed by atoms with Crippen LogP contribution in [0.25, 0.3) is 0 Å². The van der Waals surface area contributed by atoms with Crippen LogP contribution in [0.4, 0.5) is 8.78 Å². The molecule has 0 saturated heterocycles. The fourth-order valence-electron chi connectivity index (χ4n) is 0.710. The largest absolute Gasteiger partial charge is 0.391 e. The Bertz CT molecular complexity index is 88.5. The van der Waals surface area contributed by atoms with Crippen molar-refractivity contribution in [2.45, 2.75) is 32.3 Å². The molecule has 68 valence electrons. The molecule has 2 nitrogen and oxygen atoms in total. The monoisotopic (exact) mass is 168 g/mol. The number of aliphatic hydroxyl groups excluding tert-OH is 1. The van der Waals surface area contributed by atoms with Crippen LogP contribution >= 0.6 is 0 Å². The maximum absolute atomic E-state index is 11.5. The molecule has 1 atom stereocenters. The Balaban J connectivity index is 3.10. The smallest absolute Gasteiger partial charge is 0.261 e. The summed E-state index contributed by atoms with van der Waals surface area (Å²) in [5.41, 5.74) is 0. The van der Waals surface area contributed by atoms with Crippen molar-refractivity contribution in [3.63, 3.8) is 0 Å². The van der Waals surface area contributed by atoms with Crippen LogP contribution in [-0.4, -0.2) is 30.8 Å². The Labute approximate surface area is 65.2 Å². The molecule has 0 radical (unpaired) electrons. The van der Waals surface area contributed by atoms with Crippen LogP contribution in [0.1, 0.15) is 19.8 Å². The molecule has 0 bridgehead atoms. The molecule has 0 spiro atoms. The Kier molecular flexibility index (Phi) is 6.36. The third kappa shape index (κ3) is 7.68. The molecule has 0 aromatic heterocycles. The lowest BCUT2D eigenvalue weighted by Gasteiger charge is -2.08. The van der Waals surface area contributed by atoms with E-state index < -0.39 is 19.1 Å². The van der Waals surface area contributed by atoms with E-state index in [-0.39, 0.29) is 6.61 Å². The molecule has 0 aromatic rings. The van der Waals surface area contributed by atoms with Gasteiger partial charge in [-0.05, 0) is 6.42 Å². The first-order valence-corrected chi connectivity index (χ1v) is 3.70. The van der Waals surface area contributed by atoms with E-state index in [9.17, 15) is 8.78 Å². The summed E-state index contributed by atoms with van der Waals surface area (Å²) in [6.07, 6.45) is -1.61. The Morgan fingerprint density at radius 2 is 2.00 bits per heavy atom. The molecule has 1 N–H and O–H groups in total. The van der Waals surface area contributed by atoms with Gasteiger partial charge in [0.1, 0.15) is 6.61 Å². The Hall–Kier alpha value is -0.220. The highest BCUT2D eigenvalue weighted by Crippen LogP contribution is 1.98. The van der Waals surface area contributed by atoms with Crippen molar-refractivity contribution in [3.8, 4) is 0 Å². The minimum absolute atomic E-state index is 0.0121. The summed E-state index contributed by atoms with van der Waals surface area (Å²) < 4.78 is 27.4. The molecule has 0 aliphatic heterocycles. The first kappa shape index (κ1) is 10.8. The third-order valence-electron chi connectivity index (χ3n) is 1.18. The number of halogens is 2. The molecular formula is C7H14F2O2. The highest BCUT2D eigenvalue weighted by Gasteiger charge is 2.05. The molecule has 11 heavy (non-hydrogen) atoms. The van der Waals surface area contributed by atoms with E-state index in [1.54, 1.807) is 0 Å². The van der Waals surface area contributed by atoms with Gasteiger partial charge in [0.05, 0.1) is 12.7 Å². The number of alkyl halides is 2. The summed E-state index contributed by atoms with van der Waals surface area (Å²) in [7, 11) is 0. The van der Waals surface area contributed by atoms with Crippen LogP contribution in [0.15, 0.2) is 0 Å². The predicted octanol–water partition coefficient (Wildman–Crippen LogP) is 1.43. The topological polar surface area (TPSA) is 29.5 Å². The molecule has 0 aliphatic carbocycles. The summed E-state index contributed by atoms with van der Waals surface area (Å²) in [5.74, 6) is 0. The lowest BCUT2D eigenvalue weighted by atomic mass is 10.2. The van der Waals surface area contributed by atoms with Crippen LogP contribution in [-0.2, 0) is 4.74 Å². The van der Waals surface area contributed by atoms with Gasteiger partial charge in [-0.25, -0.2) is 8.78 Å². The van der Waals surface area contributed by atoms with Crippen molar-refractivity contribution in [1.82, 2.24) is 0 Å². The minimum atomic E-state index is -2.44. The number of aliphatic hydroxyl groups is 1. The highest BCUT2D eigenvalue weighted by molar-refractivity contribution is 4.51. The van der Waals surface area contributed by atoms with Crippen molar-refractivity contribution < 1.29 is 18.6 Å². The molecule has 0 aliphatic rings. The van der Waals surface area contributed by atoms with Gasteiger partial charge in [0.15, 0.2) is 0 Å². The van der Waals surface area contributed by atoms with E-state index in [2.05, 4.69) is 4.74 Å². The SMILES string of the molecule is CCCC(O)COCC(F)F. The van der Waals surface area contributed by atoms with Crippen LogP contribution < -0.4 is 0 Å². The molecule has 0 heterocycles. The maximum Gasteiger partial charge on any atom is 0.261 e. The summed E-state index contributed by atoms with van der Waals surface area (Å²) in [4.78, 5) is 0. The van der Waals surface area contributed by atoms with Gasteiger partial charge in [0.2, 0.25) is 0 Å². The van der Waals surface area contributed by atoms with Gasteiger partial charge in [-0.3, -0.25) is 0 Å². The number of ether oxygens (including phenoxy) is 1. The summed E-state index contributed by atoms with van der Waals surface area (Å²) >= 11 is 0. The fraction of sp³-hybridized carbons (Fsp3) is 1.00. The molecule has 0 amide bonds. The zero-order chi connectivity index (χ0) is 8.69. The molecule has 0 fully saturated rings. The summed E-state index contributed by atoms with van der Waals surface area (Å²) in [6.45, 7) is 1.34. The van der Waals surface area contributed by atoms with Gasteiger partial charge in [-0.15, -0.1) is 0 Å². The summed E-state index contributed by atoms with van der Waals surface area (Å²) in [5, 5.41) is 8.99. The van der Waals surface area contributed by atoms with E-state index >= 15 is 0 Å². The molecule has 0 rings (SSSR count). The summed E-state index contributed by atoms with van der Waals surface area (Å²) in [6, 6.07) is 0. The van der Waals surface area contributed by atoms with Crippen LogP contribution in [0.3, 0.4) is 0 Å². The zero-order valence-electron chi connectivity index (χ0n) is 6.59. The van der Waals surface area contributed by atoms with Crippen LogP contribution in [0.2, 0.25) is 0 Å². The van der Waals surface area contributed by atoms with E-state index in [1.807, 2.05) is 6.92 Å². The van der Waals surface area contributed by atoms with Crippen molar-refractivity contribution in [1.29, 1.82) is 0 Å². The average molecular weight is 168 g/mol. The van der Waals surface area contributed by atoms with E-state index in [0.29, 0.717) is 6.42 Å². The number of hydrogen-bond acceptors (Lipinski definition) is 2. The fourth-order valence-corrected chi connectivity index (χ4v) is 0.710. The zero-order valence-corrected chi connectivity index (χ0v) is 6.59. The Morgan fingerprint density at radius 1 is 1.36 bits per heavy atom. The van der Waals surface area contributed by atoms with Crippen molar-refractivity contribution in [3.05, 3.63) is 0 Å². The highest BCUT2D eigenvalue weighted by atomic mass is 19.3. The second-order valence-corrected chi connectivity index (χ2v) is 2.37. The lowest BCUT2D eigenvalue weighted by Crippen LogP contribution is -2.17. The molecule has 1 unspecified atom stereocenters. The molecule has 4 heteroatoms. The van der Waals surface area contributed by atoms with Crippen LogP contribution in [0, 0.1) is 0 Å².